The molecule has 148 valence electrons. The van der Waals surface area contributed by atoms with Crippen molar-refractivity contribution in [1.29, 1.82) is 0 Å². The Hall–Kier alpha value is -2.82. The predicted molar refractivity (Wildman–Crippen MR) is 109 cm³/mol. The van der Waals surface area contributed by atoms with Crippen LogP contribution >= 0.6 is 0 Å². The quantitative estimate of drug-likeness (QED) is 0.642. The molecule has 0 fully saturated rings. The van der Waals surface area contributed by atoms with Crippen LogP contribution in [0.4, 0.5) is 8.78 Å². The number of nitrogens with one attached hydrogen (secondary N) is 1. The summed E-state index contributed by atoms with van der Waals surface area (Å²) >= 11 is 0. The molecule has 0 bridgehead atoms. The lowest BCUT2D eigenvalue weighted by molar-refractivity contribution is 0.0940. The van der Waals surface area contributed by atoms with Crippen LogP contribution in [0.3, 0.4) is 0 Å². The minimum atomic E-state index is -0.418. The van der Waals surface area contributed by atoms with Crippen molar-refractivity contribution in [2.45, 2.75) is 40.2 Å². The number of aromatic nitrogens is 1. The van der Waals surface area contributed by atoms with Crippen molar-refractivity contribution >= 4 is 16.8 Å². The van der Waals surface area contributed by atoms with Gasteiger partial charge in [0, 0.05) is 17.6 Å². The summed E-state index contributed by atoms with van der Waals surface area (Å²) in [5.41, 5.74) is 1.41. The molecule has 1 unspecified atom stereocenters. The average molecular weight is 384 g/mol. The lowest BCUT2D eigenvalue weighted by atomic mass is 10.1. The molecule has 1 aromatic heterocycles. The number of fused-ring (bicyclic) bond motifs is 1. The van der Waals surface area contributed by atoms with Crippen molar-refractivity contribution in [3.05, 3.63) is 77.5 Å². The van der Waals surface area contributed by atoms with Gasteiger partial charge in [0.1, 0.15) is 17.2 Å². The number of benzene rings is 2. The highest BCUT2D eigenvalue weighted by molar-refractivity contribution is 5.97. The molecule has 1 heterocycles. The fourth-order valence-corrected chi connectivity index (χ4v) is 2.62. The maximum absolute atomic E-state index is 13.6. The Morgan fingerprint density at radius 2 is 1.71 bits per heavy atom. The molecule has 3 rings (SSSR count). The molecular weight excluding hydrogens is 358 g/mol. The number of para-hydroxylation sites is 1. The molecule has 0 spiro atoms. The lowest BCUT2D eigenvalue weighted by Gasteiger charge is -2.14. The van der Waals surface area contributed by atoms with Gasteiger partial charge in [-0.15, -0.1) is 0 Å². The van der Waals surface area contributed by atoms with E-state index in [0.717, 1.165) is 11.5 Å². The fraction of sp³-hybridized carbons (Fsp3) is 0.304. The Morgan fingerprint density at radius 1 is 1.04 bits per heavy atom. The molecule has 2 aromatic carbocycles. The summed E-state index contributed by atoms with van der Waals surface area (Å²) in [6, 6.07) is 12.3. The Morgan fingerprint density at radius 3 is 2.39 bits per heavy atom. The first-order valence-corrected chi connectivity index (χ1v) is 9.36. The van der Waals surface area contributed by atoms with Gasteiger partial charge in [0.2, 0.25) is 0 Å². The zero-order chi connectivity index (χ0) is 20.7. The average Bonchev–Trinajstić information content (AvgIpc) is 2.61. The van der Waals surface area contributed by atoms with Gasteiger partial charge in [0.15, 0.2) is 0 Å². The van der Waals surface area contributed by atoms with E-state index in [-0.39, 0.29) is 23.3 Å². The number of hydrogen-bond acceptors (Lipinski definition) is 2. The van der Waals surface area contributed by atoms with Crippen LogP contribution in [-0.4, -0.2) is 16.9 Å². The van der Waals surface area contributed by atoms with Gasteiger partial charge in [-0.1, -0.05) is 45.0 Å². The van der Waals surface area contributed by atoms with E-state index in [1.54, 1.807) is 24.3 Å². The number of halogens is 2. The van der Waals surface area contributed by atoms with Crippen molar-refractivity contribution in [2.24, 2.45) is 5.92 Å². The minimum absolute atomic E-state index is 0.178. The van der Waals surface area contributed by atoms with Crippen molar-refractivity contribution in [3.8, 4) is 0 Å². The van der Waals surface area contributed by atoms with E-state index >= 15 is 0 Å². The van der Waals surface area contributed by atoms with Gasteiger partial charge in [-0.25, -0.2) is 8.78 Å². The summed E-state index contributed by atoms with van der Waals surface area (Å²) in [6.45, 7) is 8.34. The van der Waals surface area contributed by atoms with Crippen molar-refractivity contribution < 1.29 is 13.6 Å². The van der Waals surface area contributed by atoms with Crippen molar-refractivity contribution in [1.82, 2.24) is 10.3 Å². The van der Waals surface area contributed by atoms with Gasteiger partial charge in [-0.2, -0.15) is 0 Å². The molecule has 0 saturated heterocycles. The van der Waals surface area contributed by atoms with E-state index in [0.29, 0.717) is 17.4 Å². The third-order valence-corrected chi connectivity index (χ3v) is 3.73. The normalized spacial score (nSPS) is 11.7. The Kier molecular flexibility index (Phi) is 7.61. The first kappa shape index (κ1) is 21.5. The molecule has 3 aromatic rings. The molecule has 3 nitrogen and oxygen atoms in total. The smallest absolute Gasteiger partial charge is 0.253 e. The predicted octanol–water partition coefficient (Wildman–Crippen LogP) is 5.54. The van der Waals surface area contributed by atoms with Gasteiger partial charge in [-0.05, 0) is 49.1 Å². The monoisotopic (exact) mass is 384 g/mol. The second-order valence-corrected chi connectivity index (χ2v) is 7.48. The summed E-state index contributed by atoms with van der Waals surface area (Å²) in [7, 11) is 0. The third-order valence-electron chi connectivity index (χ3n) is 3.73. The fourth-order valence-electron chi connectivity index (χ4n) is 2.62. The van der Waals surface area contributed by atoms with Crippen LogP contribution in [0.25, 0.3) is 10.9 Å². The van der Waals surface area contributed by atoms with Crippen LogP contribution < -0.4 is 5.32 Å². The zero-order valence-corrected chi connectivity index (χ0v) is 16.7. The highest BCUT2D eigenvalue weighted by Gasteiger charge is 2.12. The maximum atomic E-state index is 13.6. The number of hydrogen-bond donors (Lipinski definition) is 1. The first-order valence-electron chi connectivity index (χ1n) is 9.36. The highest BCUT2D eigenvalue weighted by Crippen LogP contribution is 2.16. The van der Waals surface area contributed by atoms with Gasteiger partial charge >= 0.3 is 0 Å². The van der Waals surface area contributed by atoms with E-state index in [1.807, 2.05) is 13.0 Å². The standard InChI is InChI=1S/C19H16F2N2O.C4H10/c1-12(8-13-4-2-6-16(20)9-13)23-19(24)15-10-14-5-3-7-17(21)18(14)22-11-15;1-4(2)3/h2-7,9-12H,8H2,1H3,(H,23,24);4H,1-3H3. The van der Waals surface area contributed by atoms with E-state index < -0.39 is 5.82 Å². The molecule has 1 N–H and O–H groups in total. The van der Waals surface area contributed by atoms with Crippen LogP contribution in [0.15, 0.2) is 54.7 Å². The summed E-state index contributed by atoms with van der Waals surface area (Å²) in [6.07, 6.45) is 1.87. The van der Waals surface area contributed by atoms with Gasteiger partial charge in [0.25, 0.3) is 5.91 Å². The van der Waals surface area contributed by atoms with Gasteiger partial charge in [-0.3, -0.25) is 9.78 Å². The summed E-state index contributed by atoms with van der Waals surface area (Å²) in [4.78, 5) is 16.3. The third kappa shape index (κ3) is 6.41. The van der Waals surface area contributed by atoms with Crippen molar-refractivity contribution in [2.75, 3.05) is 0 Å². The van der Waals surface area contributed by atoms with Gasteiger partial charge < -0.3 is 5.32 Å². The second kappa shape index (κ2) is 9.93. The Bertz CT molecular complexity index is 938. The second-order valence-electron chi connectivity index (χ2n) is 7.48. The highest BCUT2D eigenvalue weighted by atomic mass is 19.1. The molecule has 1 amide bonds. The molecule has 0 radical (unpaired) electrons. The van der Waals surface area contributed by atoms with Crippen LogP contribution in [0.1, 0.15) is 43.6 Å². The van der Waals surface area contributed by atoms with E-state index in [4.69, 9.17) is 0 Å². The number of amides is 1. The molecule has 28 heavy (non-hydrogen) atoms. The van der Waals surface area contributed by atoms with Crippen LogP contribution in [0.2, 0.25) is 0 Å². The Labute approximate surface area is 164 Å². The minimum Gasteiger partial charge on any atom is -0.349 e. The number of carbonyl (C=O) groups is 1. The van der Waals surface area contributed by atoms with Gasteiger partial charge in [0.05, 0.1) is 5.56 Å². The number of rotatable bonds is 4. The summed E-state index contributed by atoms with van der Waals surface area (Å²) in [5.74, 6) is -0.178. The molecule has 0 aliphatic heterocycles. The van der Waals surface area contributed by atoms with Crippen LogP contribution in [0, 0.1) is 17.6 Å². The Balaban J connectivity index is 0.000000640. The number of pyridine rings is 1. The van der Waals surface area contributed by atoms with Crippen LogP contribution in [0.5, 0.6) is 0 Å². The molecule has 0 saturated carbocycles. The number of nitrogens with zero attached hydrogens (tertiary/aromatic N) is 1. The summed E-state index contributed by atoms with van der Waals surface area (Å²) < 4.78 is 26.8. The van der Waals surface area contributed by atoms with E-state index in [9.17, 15) is 13.6 Å². The first-order chi connectivity index (χ1) is 13.3. The maximum Gasteiger partial charge on any atom is 0.253 e. The topological polar surface area (TPSA) is 42.0 Å². The molecular formula is C23H26F2N2O. The number of carbonyl (C=O) groups excluding carboxylic acids is 1. The van der Waals surface area contributed by atoms with E-state index in [1.165, 1.54) is 24.4 Å². The van der Waals surface area contributed by atoms with E-state index in [2.05, 4.69) is 31.1 Å². The largest absolute Gasteiger partial charge is 0.349 e. The lowest BCUT2D eigenvalue weighted by Crippen LogP contribution is -2.34. The molecule has 0 aliphatic rings. The van der Waals surface area contributed by atoms with Crippen molar-refractivity contribution in [3.63, 3.8) is 0 Å². The zero-order valence-electron chi connectivity index (χ0n) is 16.7. The van der Waals surface area contributed by atoms with Crippen LogP contribution in [-0.2, 0) is 6.42 Å². The molecule has 1 atom stereocenters. The molecule has 0 aliphatic carbocycles. The molecule has 5 heteroatoms. The summed E-state index contributed by atoms with van der Waals surface area (Å²) in [5, 5.41) is 3.42. The SMILES string of the molecule is CC(C)C.CC(Cc1cccc(F)c1)NC(=O)c1cnc2c(F)cccc2c1.